The van der Waals surface area contributed by atoms with Crippen molar-refractivity contribution in [3.05, 3.63) is 27.4 Å². The summed E-state index contributed by atoms with van der Waals surface area (Å²) in [4.78, 5) is -0.472. The minimum atomic E-state index is -3.91. The van der Waals surface area contributed by atoms with E-state index in [1.165, 1.54) is 0 Å². The van der Waals surface area contributed by atoms with Gasteiger partial charge < -0.3 is 5.73 Å². The summed E-state index contributed by atoms with van der Waals surface area (Å²) in [6.07, 6.45) is 0.463. The van der Waals surface area contributed by atoms with Crippen molar-refractivity contribution in [3.8, 4) is 0 Å². The van der Waals surface area contributed by atoms with Gasteiger partial charge in [0.05, 0.1) is 5.02 Å². The van der Waals surface area contributed by atoms with E-state index in [9.17, 15) is 12.8 Å². The Labute approximate surface area is 119 Å². The predicted octanol–water partition coefficient (Wildman–Crippen LogP) is 2.26. The van der Waals surface area contributed by atoms with E-state index in [0.29, 0.717) is 10.9 Å². The van der Waals surface area contributed by atoms with Gasteiger partial charge >= 0.3 is 0 Å². The molecule has 0 aromatic heterocycles. The summed E-state index contributed by atoms with van der Waals surface area (Å²) in [5.74, 6) is -0.862. The number of nitrogens with two attached hydrogens (primary N) is 1. The quantitative estimate of drug-likeness (QED) is 0.792. The molecule has 0 amide bonds. The molecule has 102 valence electrons. The lowest BCUT2D eigenvalue weighted by Crippen LogP contribution is -2.29. The van der Waals surface area contributed by atoms with Crippen LogP contribution < -0.4 is 10.5 Å². The molecule has 1 rings (SSSR count). The molecule has 0 heterocycles. The smallest absolute Gasteiger partial charge is 0.243 e. The second kappa shape index (κ2) is 6.29. The molecule has 4 nitrogen and oxygen atoms in total. The third kappa shape index (κ3) is 4.17. The van der Waals surface area contributed by atoms with E-state index in [4.69, 9.17) is 17.3 Å². The first-order valence-electron chi connectivity index (χ1n) is 5.14. The topological polar surface area (TPSA) is 72.2 Å². The van der Waals surface area contributed by atoms with Crippen LogP contribution in [0.5, 0.6) is 0 Å². The first-order valence-corrected chi connectivity index (χ1v) is 7.79. The fourth-order valence-electron chi connectivity index (χ4n) is 1.21. The summed E-state index contributed by atoms with van der Waals surface area (Å²) in [7, 11) is -3.91. The Hall–Kier alpha value is -0.210. The molecular weight excluding hydrogens is 347 g/mol. The minimum absolute atomic E-state index is 0.129. The van der Waals surface area contributed by atoms with Gasteiger partial charge in [-0.25, -0.2) is 17.5 Å². The maximum absolute atomic E-state index is 13.6. The zero-order valence-electron chi connectivity index (χ0n) is 9.58. The van der Waals surface area contributed by atoms with Gasteiger partial charge in [-0.2, -0.15) is 0 Å². The minimum Gasteiger partial charge on any atom is -0.328 e. The van der Waals surface area contributed by atoms with E-state index < -0.39 is 20.7 Å². The van der Waals surface area contributed by atoms with Crippen molar-refractivity contribution in [2.75, 3.05) is 6.54 Å². The van der Waals surface area contributed by atoms with Crippen LogP contribution in [0.4, 0.5) is 4.39 Å². The fraction of sp³-hybridized carbons (Fsp3) is 0.400. The molecule has 1 unspecified atom stereocenters. The van der Waals surface area contributed by atoms with Crippen LogP contribution in [0.15, 0.2) is 21.5 Å². The Morgan fingerprint density at radius 3 is 2.72 bits per heavy atom. The van der Waals surface area contributed by atoms with Crippen LogP contribution in [0.25, 0.3) is 0 Å². The molecular formula is C10H13BrClFN2O2S. The van der Waals surface area contributed by atoms with E-state index in [0.717, 1.165) is 12.1 Å². The molecule has 3 N–H and O–H groups in total. The summed E-state index contributed by atoms with van der Waals surface area (Å²) in [5.41, 5.74) is 5.50. The largest absolute Gasteiger partial charge is 0.328 e. The molecule has 1 atom stereocenters. The fourth-order valence-corrected chi connectivity index (χ4v) is 2.88. The van der Waals surface area contributed by atoms with Gasteiger partial charge in [-0.15, -0.1) is 0 Å². The Morgan fingerprint density at radius 2 is 2.17 bits per heavy atom. The molecule has 0 aliphatic rings. The van der Waals surface area contributed by atoms with Gasteiger partial charge in [0.2, 0.25) is 10.0 Å². The summed E-state index contributed by atoms with van der Waals surface area (Å²) < 4.78 is 39.8. The van der Waals surface area contributed by atoms with Crippen LogP contribution in [0.1, 0.15) is 13.3 Å². The van der Waals surface area contributed by atoms with Crippen LogP contribution in [0, 0.1) is 5.82 Å². The highest BCUT2D eigenvalue weighted by Gasteiger charge is 2.20. The SMILES string of the molecule is CC(N)CCNS(=O)(=O)c1cc(Cl)c(Br)cc1F. The van der Waals surface area contributed by atoms with Crippen molar-refractivity contribution < 1.29 is 12.8 Å². The maximum Gasteiger partial charge on any atom is 0.243 e. The molecule has 0 fully saturated rings. The van der Waals surface area contributed by atoms with Crippen LogP contribution >= 0.6 is 27.5 Å². The van der Waals surface area contributed by atoms with E-state index in [-0.39, 0.29) is 17.6 Å². The highest BCUT2D eigenvalue weighted by atomic mass is 79.9. The van der Waals surface area contributed by atoms with Crippen molar-refractivity contribution in [3.63, 3.8) is 0 Å². The third-order valence-electron chi connectivity index (χ3n) is 2.16. The molecule has 0 spiro atoms. The monoisotopic (exact) mass is 358 g/mol. The first-order chi connectivity index (χ1) is 8.24. The van der Waals surface area contributed by atoms with E-state index in [2.05, 4.69) is 20.7 Å². The van der Waals surface area contributed by atoms with Gasteiger partial charge in [-0.1, -0.05) is 11.6 Å². The molecule has 0 radical (unpaired) electrons. The van der Waals surface area contributed by atoms with Crippen LogP contribution in [-0.2, 0) is 10.0 Å². The second-order valence-corrected chi connectivity index (χ2v) is 6.86. The second-order valence-electron chi connectivity index (χ2n) is 3.86. The van der Waals surface area contributed by atoms with Crippen LogP contribution in [-0.4, -0.2) is 21.0 Å². The van der Waals surface area contributed by atoms with E-state index in [1.54, 1.807) is 6.92 Å². The molecule has 1 aromatic carbocycles. The Bertz CT molecular complexity index is 537. The molecule has 0 saturated carbocycles. The highest BCUT2D eigenvalue weighted by Crippen LogP contribution is 2.27. The highest BCUT2D eigenvalue weighted by molar-refractivity contribution is 9.10. The van der Waals surface area contributed by atoms with E-state index >= 15 is 0 Å². The molecule has 0 aliphatic heterocycles. The number of hydrogen-bond donors (Lipinski definition) is 2. The zero-order valence-corrected chi connectivity index (χ0v) is 12.7. The van der Waals surface area contributed by atoms with Crippen LogP contribution in [0.3, 0.4) is 0 Å². The lowest BCUT2D eigenvalue weighted by molar-refractivity contribution is 0.551. The first kappa shape index (κ1) is 15.8. The van der Waals surface area contributed by atoms with Crippen molar-refractivity contribution >= 4 is 37.6 Å². The van der Waals surface area contributed by atoms with Gasteiger partial charge in [-0.3, -0.25) is 0 Å². The number of halogens is 3. The Balaban J connectivity index is 2.95. The van der Waals surface area contributed by atoms with Gasteiger partial charge in [0.25, 0.3) is 0 Å². The van der Waals surface area contributed by atoms with Crippen molar-refractivity contribution in [1.29, 1.82) is 0 Å². The normalized spacial score (nSPS) is 13.6. The summed E-state index contributed by atoms with van der Waals surface area (Å²) in [5, 5.41) is 0.129. The number of rotatable bonds is 5. The summed E-state index contributed by atoms with van der Waals surface area (Å²) in [6, 6.07) is 1.95. The predicted molar refractivity (Wildman–Crippen MR) is 72.6 cm³/mol. The lowest BCUT2D eigenvalue weighted by atomic mass is 10.3. The maximum atomic E-state index is 13.6. The summed E-state index contributed by atoms with van der Waals surface area (Å²) in [6.45, 7) is 1.90. The molecule has 0 saturated heterocycles. The standard InChI is InChI=1S/C10H13BrClFN2O2S/c1-6(14)2-3-15-18(16,17)10-5-8(12)7(11)4-9(10)13/h4-6,15H,2-3,14H2,1H3. The average molecular weight is 360 g/mol. The van der Waals surface area contributed by atoms with Crippen molar-refractivity contribution in [2.45, 2.75) is 24.3 Å². The van der Waals surface area contributed by atoms with Gasteiger partial charge in [-0.05, 0) is 41.4 Å². The van der Waals surface area contributed by atoms with Crippen molar-refractivity contribution in [2.24, 2.45) is 5.73 Å². The molecule has 0 aliphatic carbocycles. The number of benzene rings is 1. The average Bonchev–Trinajstić information content (AvgIpc) is 2.22. The van der Waals surface area contributed by atoms with Gasteiger partial charge in [0, 0.05) is 17.1 Å². The lowest BCUT2D eigenvalue weighted by Gasteiger charge is -2.10. The molecule has 8 heteroatoms. The number of nitrogens with one attached hydrogen (secondary N) is 1. The Morgan fingerprint density at radius 1 is 1.56 bits per heavy atom. The molecule has 1 aromatic rings. The molecule has 18 heavy (non-hydrogen) atoms. The van der Waals surface area contributed by atoms with E-state index in [1.807, 2.05) is 0 Å². The Kier molecular flexibility index (Phi) is 5.54. The summed E-state index contributed by atoms with van der Waals surface area (Å²) >= 11 is 8.77. The molecule has 0 bridgehead atoms. The number of sulfonamides is 1. The zero-order chi connectivity index (χ0) is 13.9. The van der Waals surface area contributed by atoms with Crippen molar-refractivity contribution in [1.82, 2.24) is 4.72 Å². The number of hydrogen-bond acceptors (Lipinski definition) is 3. The van der Waals surface area contributed by atoms with Gasteiger partial charge in [0.1, 0.15) is 10.7 Å². The third-order valence-corrected chi connectivity index (χ3v) is 4.83. The van der Waals surface area contributed by atoms with Gasteiger partial charge in [0.15, 0.2) is 0 Å². The van der Waals surface area contributed by atoms with Crippen LogP contribution in [0.2, 0.25) is 5.02 Å².